The third-order valence-electron chi connectivity index (χ3n) is 3.77. The van der Waals surface area contributed by atoms with Gasteiger partial charge in [0.05, 0.1) is 16.8 Å². The molecule has 3 rings (SSSR count). The number of thiazole rings is 1. The van der Waals surface area contributed by atoms with Crippen molar-refractivity contribution >= 4 is 33.1 Å². The second kappa shape index (κ2) is 7.10. The highest BCUT2D eigenvalue weighted by Gasteiger charge is 2.14. The lowest BCUT2D eigenvalue weighted by molar-refractivity contribution is 0.0998. The maximum atomic E-state index is 14.2. The van der Waals surface area contributed by atoms with Gasteiger partial charge in [0.1, 0.15) is 5.82 Å². The number of carbonyl (C=O) groups is 1. The smallest absolute Gasteiger partial charge is 0.279 e. The van der Waals surface area contributed by atoms with E-state index in [1.165, 1.54) is 10.6 Å². The minimum absolute atomic E-state index is 0.0221. The van der Waals surface area contributed by atoms with E-state index in [4.69, 9.17) is 6.42 Å². The summed E-state index contributed by atoms with van der Waals surface area (Å²) < 4.78 is 29.4. The molecule has 0 unspecified atom stereocenters. The van der Waals surface area contributed by atoms with Crippen LogP contribution in [0.5, 0.6) is 0 Å². The van der Waals surface area contributed by atoms with Gasteiger partial charge in [-0.3, -0.25) is 4.79 Å². The van der Waals surface area contributed by atoms with Crippen LogP contribution in [0.2, 0.25) is 0 Å². The van der Waals surface area contributed by atoms with Crippen molar-refractivity contribution < 1.29 is 13.6 Å². The molecule has 2 aromatic carbocycles. The number of nitrogens with zero attached hydrogens (tertiary/aromatic N) is 3. The molecule has 3 aromatic rings. The number of hydrogen-bond donors (Lipinski definition) is 0. The molecule has 1 aromatic heterocycles. The highest BCUT2D eigenvalue weighted by atomic mass is 32.1. The molecule has 132 valence electrons. The molecule has 0 radical (unpaired) electrons. The van der Waals surface area contributed by atoms with Gasteiger partial charge in [-0.2, -0.15) is 4.99 Å². The number of anilines is 1. The van der Waals surface area contributed by atoms with Crippen molar-refractivity contribution in [1.29, 1.82) is 0 Å². The largest absolute Gasteiger partial charge is 0.378 e. The van der Waals surface area contributed by atoms with Crippen LogP contribution >= 0.6 is 11.3 Å². The van der Waals surface area contributed by atoms with Gasteiger partial charge in [-0.1, -0.05) is 17.3 Å². The average molecular weight is 371 g/mol. The van der Waals surface area contributed by atoms with Crippen LogP contribution in [0.15, 0.2) is 41.4 Å². The molecule has 7 heteroatoms. The highest BCUT2D eigenvalue weighted by molar-refractivity contribution is 7.16. The fraction of sp³-hybridized carbons (Fsp3) is 0.158. The summed E-state index contributed by atoms with van der Waals surface area (Å²) >= 11 is 1.01. The Labute approximate surface area is 153 Å². The Balaban J connectivity index is 2.11. The van der Waals surface area contributed by atoms with Crippen molar-refractivity contribution in [2.24, 2.45) is 4.99 Å². The lowest BCUT2D eigenvalue weighted by Gasteiger charge is -2.11. The Morgan fingerprint density at radius 3 is 2.58 bits per heavy atom. The van der Waals surface area contributed by atoms with Gasteiger partial charge in [0, 0.05) is 31.4 Å². The number of amides is 1. The molecule has 0 aliphatic carbocycles. The van der Waals surface area contributed by atoms with Gasteiger partial charge >= 0.3 is 0 Å². The van der Waals surface area contributed by atoms with Gasteiger partial charge in [0.25, 0.3) is 5.91 Å². The Kier molecular flexibility index (Phi) is 4.87. The Morgan fingerprint density at radius 2 is 1.96 bits per heavy atom. The number of terminal acetylenes is 1. The normalized spacial score (nSPS) is 11.6. The fourth-order valence-electron chi connectivity index (χ4n) is 2.51. The van der Waals surface area contributed by atoms with Crippen molar-refractivity contribution in [3.05, 3.63) is 58.4 Å². The van der Waals surface area contributed by atoms with Crippen molar-refractivity contribution in [3.8, 4) is 12.3 Å². The number of rotatable bonds is 3. The maximum absolute atomic E-state index is 14.2. The maximum Gasteiger partial charge on any atom is 0.279 e. The standard InChI is InChI=1S/C19H15F2N3OS/c1-4-9-24-17-15(21)10-13(20)11-16(17)26-19(24)22-18(25)12-5-7-14(8-6-12)23(2)3/h1,5-8,10-11H,9H2,2-3H3. The van der Waals surface area contributed by atoms with Gasteiger partial charge in [0.15, 0.2) is 10.6 Å². The van der Waals surface area contributed by atoms with Gasteiger partial charge in [-0.25, -0.2) is 8.78 Å². The van der Waals surface area contributed by atoms with Crippen LogP contribution in [0.4, 0.5) is 14.5 Å². The zero-order chi connectivity index (χ0) is 18.8. The Morgan fingerprint density at radius 1 is 1.27 bits per heavy atom. The third kappa shape index (κ3) is 3.37. The monoisotopic (exact) mass is 371 g/mol. The number of carbonyl (C=O) groups excluding carboxylic acids is 1. The van der Waals surface area contributed by atoms with Crippen molar-refractivity contribution in [3.63, 3.8) is 0 Å². The summed E-state index contributed by atoms with van der Waals surface area (Å²) in [6, 6.07) is 8.93. The predicted molar refractivity (Wildman–Crippen MR) is 99.2 cm³/mol. The van der Waals surface area contributed by atoms with E-state index in [9.17, 15) is 13.6 Å². The summed E-state index contributed by atoms with van der Waals surface area (Å²) in [7, 11) is 3.80. The molecule has 0 fully saturated rings. The minimum Gasteiger partial charge on any atom is -0.378 e. The van der Waals surface area contributed by atoms with E-state index in [1.807, 2.05) is 19.0 Å². The van der Waals surface area contributed by atoms with Crippen LogP contribution in [-0.4, -0.2) is 24.6 Å². The molecule has 0 aliphatic heterocycles. The Bertz CT molecular complexity index is 1090. The van der Waals surface area contributed by atoms with Crippen molar-refractivity contribution in [1.82, 2.24) is 4.57 Å². The van der Waals surface area contributed by atoms with E-state index >= 15 is 0 Å². The molecule has 0 aliphatic rings. The van der Waals surface area contributed by atoms with Gasteiger partial charge in [-0.05, 0) is 30.3 Å². The molecule has 0 saturated carbocycles. The van der Waals surface area contributed by atoms with Crippen LogP contribution < -0.4 is 9.70 Å². The first-order chi connectivity index (χ1) is 12.4. The summed E-state index contributed by atoms with van der Waals surface area (Å²) in [5.41, 5.74) is 1.49. The summed E-state index contributed by atoms with van der Waals surface area (Å²) in [5, 5.41) is 0. The quantitative estimate of drug-likeness (QED) is 0.662. The zero-order valence-corrected chi connectivity index (χ0v) is 15.0. The van der Waals surface area contributed by atoms with Crippen LogP contribution in [0.1, 0.15) is 10.4 Å². The molecule has 26 heavy (non-hydrogen) atoms. The van der Waals surface area contributed by atoms with Crippen molar-refractivity contribution in [2.45, 2.75) is 6.54 Å². The second-order valence-corrected chi connectivity index (χ2v) is 6.78. The van der Waals surface area contributed by atoms with Crippen LogP contribution in [-0.2, 0) is 6.54 Å². The van der Waals surface area contributed by atoms with Gasteiger partial charge < -0.3 is 9.47 Å². The predicted octanol–water partition coefficient (Wildman–Crippen LogP) is 3.42. The van der Waals surface area contributed by atoms with E-state index in [0.717, 1.165) is 23.1 Å². The molecular formula is C19H15F2N3OS. The lowest BCUT2D eigenvalue weighted by Crippen LogP contribution is -2.17. The molecule has 0 spiro atoms. The number of benzene rings is 2. The molecule has 4 nitrogen and oxygen atoms in total. The van der Waals surface area contributed by atoms with Gasteiger partial charge in [-0.15, -0.1) is 6.42 Å². The highest BCUT2D eigenvalue weighted by Crippen LogP contribution is 2.22. The molecule has 0 N–H and O–H groups in total. The average Bonchev–Trinajstić information content (AvgIpc) is 2.92. The first-order valence-corrected chi connectivity index (χ1v) is 8.50. The van der Waals surface area contributed by atoms with Crippen molar-refractivity contribution in [2.75, 3.05) is 19.0 Å². The minimum atomic E-state index is -0.740. The summed E-state index contributed by atoms with van der Waals surface area (Å²) in [4.78, 5) is 18.7. The second-order valence-electron chi connectivity index (χ2n) is 5.77. The van der Waals surface area contributed by atoms with E-state index in [0.29, 0.717) is 10.3 Å². The van der Waals surface area contributed by atoms with E-state index in [2.05, 4.69) is 10.9 Å². The van der Waals surface area contributed by atoms with E-state index in [1.54, 1.807) is 24.3 Å². The van der Waals surface area contributed by atoms with E-state index in [-0.39, 0.29) is 16.9 Å². The topological polar surface area (TPSA) is 37.6 Å². The number of fused-ring (bicyclic) bond motifs is 1. The summed E-state index contributed by atoms with van der Waals surface area (Å²) in [6.07, 6.45) is 5.35. The van der Waals surface area contributed by atoms with E-state index < -0.39 is 17.5 Å². The van der Waals surface area contributed by atoms with Crippen LogP contribution in [0.25, 0.3) is 10.2 Å². The fourth-order valence-corrected chi connectivity index (χ4v) is 3.57. The number of aromatic nitrogens is 1. The first-order valence-electron chi connectivity index (χ1n) is 7.69. The first kappa shape index (κ1) is 17.8. The van der Waals surface area contributed by atoms with Crippen LogP contribution in [0.3, 0.4) is 0 Å². The number of halogens is 2. The summed E-state index contributed by atoms with van der Waals surface area (Å²) in [6.45, 7) is 0.0221. The Hall–Kier alpha value is -2.98. The molecule has 1 amide bonds. The molecule has 0 saturated heterocycles. The molecule has 1 heterocycles. The number of hydrogen-bond acceptors (Lipinski definition) is 3. The molecule has 0 atom stereocenters. The molecular weight excluding hydrogens is 356 g/mol. The molecule has 0 bridgehead atoms. The van der Waals surface area contributed by atoms with Crippen LogP contribution in [0, 0.1) is 24.0 Å². The summed E-state index contributed by atoms with van der Waals surface area (Å²) in [5.74, 6) is 0.498. The SMILES string of the molecule is C#CCn1c(=NC(=O)c2ccc(N(C)C)cc2)sc2cc(F)cc(F)c21. The zero-order valence-electron chi connectivity index (χ0n) is 14.2. The third-order valence-corrected chi connectivity index (χ3v) is 4.80. The van der Waals surface area contributed by atoms with Gasteiger partial charge in [0.2, 0.25) is 0 Å². The lowest BCUT2D eigenvalue weighted by atomic mass is 10.2.